The van der Waals surface area contributed by atoms with Crippen molar-refractivity contribution < 1.29 is 9.53 Å². The second kappa shape index (κ2) is 3.44. The Morgan fingerprint density at radius 3 is 2.83 bits per heavy atom. The Hall–Kier alpha value is -1.96. The summed E-state index contributed by atoms with van der Waals surface area (Å²) < 4.78 is 4.39. The average Bonchev–Trinajstić information content (AvgIpc) is 2.16. The van der Waals surface area contributed by atoms with Gasteiger partial charge >= 0.3 is 5.97 Å². The van der Waals surface area contributed by atoms with E-state index in [0.717, 1.165) is 0 Å². The van der Waals surface area contributed by atoms with Crippen LogP contribution in [-0.2, 0) is 4.74 Å². The third kappa shape index (κ3) is 1.37. The second-order valence-electron chi connectivity index (χ2n) is 1.86. The zero-order chi connectivity index (χ0) is 8.97. The number of aromatic nitrogens is 2. The number of carbonyl (C=O) groups excluding carboxylic acids is 1. The quantitative estimate of drug-likeness (QED) is 0.550. The number of carbonyl (C=O) groups is 1. The Bertz CT molecular complexity index is 343. The van der Waals surface area contributed by atoms with Crippen LogP contribution in [0, 0.1) is 11.3 Å². The number of methoxy groups -OCH3 is 1. The van der Waals surface area contributed by atoms with Crippen molar-refractivity contribution in [1.82, 2.24) is 9.97 Å². The molecule has 5 heteroatoms. The van der Waals surface area contributed by atoms with Gasteiger partial charge in [0.25, 0.3) is 0 Å². The summed E-state index contributed by atoms with van der Waals surface area (Å²) in [6.07, 6.45) is 2.66. The van der Waals surface area contributed by atoms with E-state index >= 15 is 0 Å². The van der Waals surface area contributed by atoms with Crippen LogP contribution >= 0.6 is 0 Å². The van der Waals surface area contributed by atoms with Crippen molar-refractivity contribution in [1.29, 1.82) is 5.26 Å². The van der Waals surface area contributed by atoms with Gasteiger partial charge in [-0.1, -0.05) is 0 Å². The Morgan fingerprint density at radius 2 is 2.25 bits per heavy atom. The first-order valence-corrected chi connectivity index (χ1v) is 3.09. The van der Waals surface area contributed by atoms with Crippen molar-refractivity contribution in [2.24, 2.45) is 0 Å². The predicted molar refractivity (Wildman–Crippen MR) is 38.1 cm³/mol. The van der Waals surface area contributed by atoms with E-state index in [0.29, 0.717) is 0 Å². The van der Waals surface area contributed by atoms with Gasteiger partial charge in [0.05, 0.1) is 7.11 Å². The largest absolute Gasteiger partial charge is 0.464 e. The Morgan fingerprint density at radius 1 is 1.58 bits per heavy atom. The fourth-order valence-corrected chi connectivity index (χ4v) is 0.666. The molecule has 1 rings (SSSR count). The van der Waals surface area contributed by atoms with E-state index in [9.17, 15) is 4.79 Å². The zero-order valence-electron chi connectivity index (χ0n) is 6.31. The third-order valence-corrected chi connectivity index (χ3v) is 1.18. The first-order chi connectivity index (χ1) is 5.79. The van der Waals surface area contributed by atoms with Crippen LogP contribution in [0.25, 0.3) is 0 Å². The molecule has 0 aliphatic heterocycles. The number of nitrogens with zero attached hydrogens (tertiary/aromatic N) is 3. The van der Waals surface area contributed by atoms with E-state index in [1.807, 2.05) is 0 Å². The normalized spacial score (nSPS) is 8.67. The molecular weight excluding hydrogens is 158 g/mol. The van der Waals surface area contributed by atoms with E-state index < -0.39 is 5.97 Å². The lowest BCUT2D eigenvalue weighted by atomic mass is 10.3. The lowest BCUT2D eigenvalue weighted by molar-refractivity contribution is 0.0593. The molecule has 0 spiro atoms. The maximum absolute atomic E-state index is 10.9. The van der Waals surface area contributed by atoms with Crippen molar-refractivity contribution in [3.05, 3.63) is 23.8 Å². The summed E-state index contributed by atoms with van der Waals surface area (Å²) in [7, 11) is 1.22. The van der Waals surface area contributed by atoms with Crippen LogP contribution in [0.15, 0.2) is 12.4 Å². The molecule has 1 aromatic rings. The molecule has 0 aliphatic carbocycles. The molecule has 0 aromatic carbocycles. The average molecular weight is 163 g/mol. The van der Waals surface area contributed by atoms with Crippen LogP contribution in [0.3, 0.4) is 0 Å². The van der Waals surface area contributed by atoms with Crippen LogP contribution in [0.1, 0.15) is 16.2 Å². The third-order valence-electron chi connectivity index (χ3n) is 1.18. The van der Waals surface area contributed by atoms with E-state index in [1.165, 1.54) is 19.5 Å². The SMILES string of the molecule is COC(=O)c1nccnc1C#N. The molecular formula is C7H5N3O2. The van der Waals surface area contributed by atoms with Gasteiger partial charge in [0.1, 0.15) is 6.07 Å². The van der Waals surface area contributed by atoms with Gasteiger partial charge in [0, 0.05) is 12.4 Å². The standard InChI is InChI=1S/C7H5N3O2/c1-12-7(11)6-5(4-8)9-2-3-10-6/h2-3H,1H3. The fourth-order valence-electron chi connectivity index (χ4n) is 0.666. The highest BCUT2D eigenvalue weighted by molar-refractivity contribution is 5.89. The molecule has 0 fully saturated rings. The summed E-state index contributed by atoms with van der Waals surface area (Å²) in [5.41, 5.74) is -0.0770. The number of nitriles is 1. The van der Waals surface area contributed by atoms with Crippen LogP contribution in [0.4, 0.5) is 0 Å². The molecule has 5 nitrogen and oxygen atoms in total. The van der Waals surface area contributed by atoms with E-state index in [2.05, 4.69) is 14.7 Å². The topological polar surface area (TPSA) is 75.9 Å². The van der Waals surface area contributed by atoms with Crippen LogP contribution in [-0.4, -0.2) is 23.0 Å². The van der Waals surface area contributed by atoms with Crippen molar-refractivity contribution in [3.8, 4) is 6.07 Å². The molecule has 60 valence electrons. The highest BCUT2D eigenvalue weighted by atomic mass is 16.5. The van der Waals surface area contributed by atoms with Crippen LogP contribution < -0.4 is 0 Å². The molecule has 1 heterocycles. The number of hydrogen-bond acceptors (Lipinski definition) is 5. The highest BCUT2D eigenvalue weighted by Crippen LogP contribution is 2.00. The number of rotatable bonds is 1. The maximum atomic E-state index is 10.9. The van der Waals surface area contributed by atoms with Gasteiger partial charge < -0.3 is 4.74 Å². The number of hydrogen-bond donors (Lipinski definition) is 0. The van der Waals surface area contributed by atoms with Gasteiger partial charge in [-0.2, -0.15) is 5.26 Å². The maximum Gasteiger partial charge on any atom is 0.359 e. The van der Waals surface area contributed by atoms with E-state index in [-0.39, 0.29) is 11.4 Å². The molecule has 0 saturated carbocycles. The molecule has 0 saturated heterocycles. The van der Waals surface area contributed by atoms with Crippen molar-refractivity contribution in [3.63, 3.8) is 0 Å². The Kier molecular flexibility index (Phi) is 2.33. The smallest absolute Gasteiger partial charge is 0.359 e. The van der Waals surface area contributed by atoms with Crippen molar-refractivity contribution in [2.45, 2.75) is 0 Å². The summed E-state index contributed by atoms with van der Waals surface area (Å²) in [5, 5.41) is 8.50. The summed E-state index contributed by atoms with van der Waals surface area (Å²) in [6.45, 7) is 0. The summed E-state index contributed by atoms with van der Waals surface area (Å²) >= 11 is 0. The Balaban J connectivity index is 3.16. The molecule has 12 heavy (non-hydrogen) atoms. The zero-order valence-corrected chi connectivity index (χ0v) is 6.31. The lowest BCUT2D eigenvalue weighted by Gasteiger charge is -1.97. The minimum atomic E-state index is -0.653. The highest BCUT2D eigenvalue weighted by Gasteiger charge is 2.13. The molecule has 0 unspecified atom stereocenters. The van der Waals surface area contributed by atoms with Gasteiger partial charge in [0.2, 0.25) is 0 Å². The Labute approximate surface area is 68.6 Å². The van der Waals surface area contributed by atoms with Gasteiger partial charge in [0.15, 0.2) is 11.4 Å². The first-order valence-electron chi connectivity index (χ1n) is 3.09. The van der Waals surface area contributed by atoms with Crippen LogP contribution in [0.2, 0.25) is 0 Å². The molecule has 0 radical (unpaired) electrons. The van der Waals surface area contributed by atoms with Crippen molar-refractivity contribution >= 4 is 5.97 Å². The minimum absolute atomic E-state index is 0.0237. The van der Waals surface area contributed by atoms with Gasteiger partial charge in [-0.25, -0.2) is 14.8 Å². The van der Waals surface area contributed by atoms with Crippen LogP contribution in [0.5, 0.6) is 0 Å². The lowest BCUT2D eigenvalue weighted by Crippen LogP contribution is -2.07. The number of ether oxygens (including phenoxy) is 1. The monoisotopic (exact) mass is 163 g/mol. The van der Waals surface area contributed by atoms with Gasteiger partial charge in [-0.15, -0.1) is 0 Å². The second-order valence-corrected chi connectivity index (χ2v) is 1.86. The number of esters is 1. The van der Waals surface area contributed by atoms with E-state index in [4.69, 9.17) is 5.26 Å². The predicted octanol–water partition coefficient (Wildman–Crippen LogP) is 0.135. The molecule has 0 bridgehead atoms. The fraction of sp³-hybridized carbons (Fsp3) is 0.143. The van der Waals surface area contributed by atoms with E-state index in [1.54, 1.807) is 6.07 Å². The molecule has 0 amide bonds. The first kappa shape index (κ1) is 8.14. The summed E-state index contributed by atoms with van der Waals surface area (Å²) in [6, 6.07) is 1.74. The summed E-state index contributed by atoms with van der Waals surface area (Å²) in [5.74, 6) is -0.653. The molecule has 1 aromatic heterocycles. The van der Waals surface area contributed by atoms with Crippen molar-refractivity contribution in [2.75, 3.05) is 7.11 Å². The van der Waals surface area contributed by atoms with Gasteiger partial charge in [-0.3, -0.25) is 0 Å². The molecule has 0 atom stereocenters. The molecule has 0 N–H and O–H groups in total. The minimum Gasteiger partial charge on any atom is -0.464 e. The van der Waals surface area contributed by atoms with Gasteiger partial charge in [-0.05, 0) is 0 Å². The summed E-state index contributed by atoms with van der Waals surface area (Å²) in [4.78, 5) is 18.2. The molecule has 0 aliphatic rings.